The third-order valence-corrected chi connectivity index (χ3v) is 4.37. The summed E-state index contributed by atoms with van der Waals surface area (Å²) in [6.07, 6.45) is 0. The van der Waals surface area contributed by atoms with Gasteiger partial charge < -0.3 is 9.66 Å². The van der Waals surface area contributed by atoms with E-state index in [1.165, 1.54) is 0 Å². The summed E-state index contributed by atoms with van der Waals surface area (Å²) in [4.78, 5) is 10.0. The van der Waals surface area contributed by atoms with Crippen LogP contribution in [0.5, 0.6) is 0 Å². The minimum absolute atomic E-state index is 0. The van der Waals surface area contributed by atoms with Crippen molar-refractivity contribution in [2.75, 3.05) is 5.75 Å². The van der Waals surface area contributed by atoms with Gasteiger partial charge in [-0.15, -0.1) is 11.8 Å². The Morgan fingerprint density at radius 2 is 1.89 bits per heavy atom. The van der Waals surface area contributed by atoms with Gasteiger partial charge in [0.15, 0.2) is 0 Å². The minimum Gasteiger partial charge on any atom is -0.744 e. The number of hydrogen-bond acceptors (Lipinski definition) is 5. The summed E-state index contributed by atoms with van der Waals surface area (Å²) in [6, 6.07) is 2.07. The first-order chi connectivity index (χ1) is 7.71. The number of aliphatic carboxylic acids is 1. The summed E-state index contributed by atoms with van der Waals surface area (Å²) >= 11 is 12.2. The third kappa shape index (κ3) is 5.66. The largest absolute Gasteiger partial charge is 1.00 e. The third-order valence-electron chi connectivity index (χ3n) is 1.61. The fourth-order valence-electron chi connectivity index (χ4n) is 0.952. The Balaban J connectivity index is 0.00000289. The van der Waals surface area contributed by atoms with E-state index in [0.717, 1.165) is 23.9 Å². The van der Waals surface area contributed by atoms with Crippen molar-refractivity contribution in [2.24, 2.45) is 0 Å². The van der Waals surface area contributed by atoms with Crippen molar-refractivity contribution < 1.29 is 74.3 Å². The van der Waals surface area contributed by atoms with E-state index in [1.807, 2.05) is 0 Å². The molecule has 5 nitrogen and oxygen atoms in total. The molecule has 94 valence electrons. The molecular weight excluding hydrogens is 350 g/mol. The van der Waals surface area contributed by atoms with E-state index in [9.17, 15) is 17.8 Å². The van der Waals surface area contributed by atoms with Gasteiger partial charge in [-0.2, -0.15) is 0 Å². The molecule has 10 heteroatoms. The maximum Gasteiger partial charge on any atom is 1.00 e. The molecule has 0 aliphatic carbocycles. The molecule has 0 atom stereocenters. The molecule has 0 heterocycles. The van der Waals surface area contributed by atoms with Crippen molar-refractivity contribution in [3.05, 3.63) is 22.2 Å². The second-order valence-corrected chi connectivity index (χ2v) is 6.03. The van der Waals surface area contributed by atoms with E-state index in [1.54, 1.807) is 0 Å². The van der Waals surface area contributed by atoms with Crippen LogP contribution in [-0.2, 0) is 14.9 Å². The van der Waals surface area contributed by atoms with Crippen molar-refractivity contribution in [2.45, 2.75) is 9.79 Å². The molecular formula is C8H5Cl2KO5S2. The van der Waals surface area contributed by atoms with E-state index in [2.05, 4.69) is 0 Å². The maximum atomic E-state index is 10.8. The number of thioether (sulfide) groups is 1. The number of carbonyl (C=O) groups is 1. The topological polar surface area (TPSA) is 94.5 Å². The Kier molecular flexibility index (Phi) is 8.33. The van der Waals surface area contributed by atoms with Gasteiger partial charge in [0.1, 0.15) is 10.1 Å². The predicted octanol–water partition coefficient (Wildman–Crippen LogP) is -0.922. The molecule has 0 aliphatic heterocycles. The van der Waals surface area contributed by atoms with Crippen LogP contribution in [0.2, 0.25) is 10.0 Å². The molecule has 18 heavy (non-hydrogen) atoms. The van der Waals surface area contributed by atoms with Crippen LogP contribution in [-0.4, -0.2) is 29.8 Å². The molecule has 0 unspecified atom stereocenters. The van der Waals surface area contributed by atoms with Gasteiger partial charge in [0.25, 0.3) is 0 Å². The first kappa shape index (κ1) is 19.2. The van der Waals surface area contributed by atoms with E-state index in [0.29, 0.717) is 4.90 Å². The van der Waals surface area contributed by atoms with Gasteiger partial charge in [-0.25, -0.2) is 8.42 Å². The molecule has 0 saturated heterocycles. The van der Waals surface area contributed by atoms with E-state index in [4.69, 9.17) is 28.3 Å². The van der Waals surface area contributed by atoms with Crippen LogP contribution >= 0.6 is 35.0 Å². The van der Waals surface area contributed by atoms with Crippen molar-refractivity contribution in [1.82, 2.24) is 0 Å². The van der Waals surface area contributed by atoms with Gasteiger partial charge >= 0.3 is 57.4 Å². The molecule has 1 N–H and O–H groups in total. The number of carboxylic acid groups (broad SMARTS) is 1. The summed E-state index contributed by atoms with van der Waals surface area (Å²) in [7, 11) is -4.70. The van der Waals surface area contributed by atoms with Gasteiger partial charge in [0.2, 0.25) is 0 Å². The minimum atomic E-state index is -4.70. The van der Waals surface area contributed by atoms with Gasteiger partial charge in [-0.1, -0.05) is 23.2 Å². The Morgan fingerprint density at radius 3 is 2.33 bits per heavy atom. The molecule has 0 saturated carbocycles. The van der Waals surface area contributed by atoms with Crippen LogP contribution in [0.4, 0.5) is 0 Å². The number of benzene rings is 1. The summed E-state index contributed by atoms with van der Waals surface area (Å²) < 4.78 is 32.4. The van der Waals surface area contributed by atoms with E-state index >= 15 is 0 Å². The molecule has 0 aliphatic rings. The average Bonchev–Trinajstić information content (AvgIpc) is 2.17. The number of halogens is 2. The van der Waals surface area contributed by atoms with Crippen LogP contribution in [0, 0.1) is 0 Å². The Hall–Kier alpha value is 1.17. The molecule has 0 radical (unpaired) electrons. The normalized spacial score (nSPS) is 10.8. The van der Waals surface area contributed by atoms with Crippen LogP contribution in [0.1, 0.15) is 0 Å². The maximum absolute atomic E-state index is 10.8. The fraction of sp³-hybridized carbons (Fsp3) is 0.125. The summed E-state index contributed by atoms with van der Waals surface area (Å²) in [5, 5.41) is 8.16. The second kappa shape index (κ2) is 7.82. The Morgan fingerprint density at radius 1 is 1.33 bits per heavy atom. The van der Waals surface area contributed by atoms with Crippen molar-refractivity contribution in [1.29, 1.82) is 0 Å². The summed E-state index contributed by atoms with van der Waals surface area (Å²) in [5.74, 6) is -1.30. The SMILES string of the molecule is O=C(O)CSc1cc(Cl)c(S(=O)(=O)[O-])cc1Cl.[K+]. The molecule has 0 fully saturated rings. The second-order valence-electron chi connectivity index (χ2n) is 2.85. The monoisotopic (exact) mass is 354 g/mol. The zero-order valence-corrected chi connectivity index (χ0v) is 15.3. The first-order valence-corrected chi connectivity index (χ1v) is 7.16. The standard InChI is InChI=1S/C8H6Cl2O5S2.K/c9-4-2-7(17(13,14)15)5(10)1-6(4)16-3-8(11)12;/h1-2H,3H2,(H,11,12)(H,13,14,15);/q;+1/p-1. The zero-order valence-electron chi connectivity index (χ0n) is 9.01. The van der Waals surface area contributed by atoms with E-state index in [-0.39, 0.29) is 67.2 Å². The smallest absolute Gasteiger partial charge is 0.744 e. The van der Waals surface area contributed by atoms with Crippen LogP contribution < -0.4 is 51.4 Å². The Bertz CT molecular complexity index is 561. The molecule has 1 rings (SSSR count). The predicted molar refractivity (Wildman–Crippen MR) is 62.8 cm³/mol. The molecule has 0 amide bonds. The number of carboxylic acids is 1. The molecule has 0 bridgehead atoms. The van der Waals surface area contributed by atoms with Crippen LogP contribution in [0.3, 0.4) is 0 Å². The van der Waals surface area contributed by atoms with Crippen molar-refractivity contribution in [3.8, 4) is 0 Å². The number of hydrogen-bond donors (Lipinski definition) is 1. The summed E-state index contributed by atoms with van der Waals surface area (Å²) in [5.41, 5.74) is 0. The quantitative estimate of drug-likeness (QED) is 0.426. The van der Waals surface area contributed by atoms with Gasteiger partial charge in [-0.3, -0.25) is 4.79 Å². The number of rotatable bonds is 4. The van der Waals surface area contributed by atoms with Crippen molar-refractivity contribution >= 4 is 51.1 Å². The van der Waals surface area contributed by atoms with Crippen LogP contribution in [0.25, 0.3) is 0 Å². The Labute approximate surface area is 160 Å². The van der Waals surface area contributed by atoms with Gasteiger partial charge in [0.05, 0.1) is 20.7 Å². The van der Waals surface area contributed by atoms with Gasteiger partial charge in [0, 0.05) is 4.90 Å². The van der Waals surface area contributed by atoms with E-state index < -0.39 is 21.0 Å². The molecule has 1 aromatic carbocycles. The average molecular weight is 355 g/mol. The zero-order chi connectivity index (χ0) is 13.2. The fourth-order valence-corrected chi connectivity index (χ4v) is 3.09. The summed E-state index contributed by atoms with van der Waals surface area (Å²) in [6.45, 7) is 0. The molecule has 1 aromatic rings. The first-order valence-electron chi connectivity index (χ1n) is 4.01. The van der Waals surface area contributed by atoms with Gasteiger partial charge in [-0.05, 0) is 12.1 Å². The molecule has 0 aromatic heterocycles. The van der Waals surface area contributed by atoms with Crippen LogP contribution in [0.15, 0.2) is 21.9 Å². The van der Waals surface area contributed by atoms with Crippen molar-refractivity contribution in [3.63, 3.8) is 0 Å². The molecule has 0 spiro atoms.